The first-order valence-corrected chi connectivity index (χ1v) is 5.37. The van der Waals surface area contributed by atoms with Gasteiger partial charge in [0.2, 0.25) is 0 Å². The molecule has 5 heteroatoms. The van der Waals surface area contributed by atoms with E-state index in [4.69, 9.17) is 4.74 Å². The maximum Gasteiger partial charge on any atom is 0.410 e. The molecule has 1 saturated heterocycles. The molecule has 1 aliphatic rings. The molecule has 2 N–H and O–H groups in total. The fraction of sp³-hybridized carbons (Fsp3) is 0.909. The van der Waals surface area contributed by atoms with Crippen LogP contribution in [0.4, 0.5) is 4.79 Å². The van der Waals surface area contributed by atoms with E-state index in [1.807, 2.05) is 0 Å². The summed E-state index contributed by atoms with van der Waals surface area (Å²) in [7, 11) is 0. The van der Waals surface area contributed by atoms with Crippen molar-refractivity contribution >= 4 is 6.09 Å². The lowest BCUT2D eigenvalue weighted by atomic mass is 9.90. The Morgan fingerprint density at radius 2 is 1.56 bits per heavy atom. The number of aliphatic hydroxyl groups is 2. The molecule has 1 fully saturated rings. The molecule has 0 aromatic rings. The van der Waals surface area contributed by atoms with Crippen molar-refractivity contribution < 1.29 is 19.7 Å². The summed E-state index contributed by atoms with van der Waals surface area (Å²) in [4.78, 5) is 13.0. The van der Waals surface area contributed by atoms with Crippen LogP contribution in [0.15, 0.2) is 0 Å². The van der Waals surface area contributed by atoms with Crippen LogP contribution < -0.4 is 0 Å². The predicted molar refractivity (Wildman–Crippen MR) is 59.1 cm³/mol. The molecule has 5 nitrogen and oxygen atoms in total. The van der Waals surface area contributed by atoms with Gasteiger partial charge in [-0.25, -0.2) is 4.79 Å². The van der Waals surface area contributed by atoms with Gasteiger partial charge < -0.3 is 19.8 Å². The van der Waals surface area contributed by atoms with Crippen LogP contribution in [0.2, 0.25) is 0 Å². The lowest BCUT2D eigenvalue weighted by molar-refractivity contribution is -0.0935. The minimum Gasteiger partial charge on any atom is -0.444 e. The highest BCUT2D eigenvalue weighted by atomic mass is 16.6. The van der Waals surface area contributed by atoms with Gasteiger partial charge in [0.1, 0.15) is 16.8 Å². The zero-order chi connectivity index (χ0) is 12.8. The highest BCUT2D eigenvalue weighted by molar-refractivity contribution is 5.69. The summed E-state index contributed by atoms with van der Waals surface area (Å²) >= 11 is 0. The summed E-state index contributed by atoms with van der Waals surface area (Å²) in [6.45, 7) is 8.50. The summed E-state index contributed by atoms with van der Waals surface area (Å²) in [5.74, 6) is 0. The number of hydrogen-bond acceptors (Lipinski definition) is 4. The van der Waals surface area contributed by atoms with Gasteiger partial charge in [0.15, 0.2) is 0 Å². The number of amides is 1. The Morgan fingerprint density at radius 1 is 1.19 bits per heavy atom. The molecule has 1 heterocycles. The third kappa shape index (κ3) is 2.65. The zero-order valence-corrected chi connectivity index (χ0v) is 10.6. The van der Waals surface area contributed by atoms with Gasteiger partial charge in [-0.05, 0) is 34.6 Å². The maximum absolute atomic E-state index is 11.7. The van der Waals surface area contributed by atoms with E-state index in [0.29, 0.717) is 0 Å². The number of rotatable bonds is 0. The van der Waals surface area contributed by atoms with E-state index in [2.05, 4.69) is 0 Å². The van der Waals surface area contributed by atoms with E-state index >= 15 is 0 Å². The van der Waals surface area contributed by atoms with E-state index in [0.717, 1.165) is 0 Å². The summed E-state index contributed by atoms with van der Waals surface area (Å²) in [5.41, 5.74) is -3.18. The molecule has 0 radical (unpaired) electrons. The molecule has 0 aliphatic carbocycles. The van der Waals surface area contributed by atoms with Crippen LogP contribution in [-0.4, -0.2) is 51.1 Å². The standard InChI is InChI=1S/C11H21NO4/c1-9(2,3)16-8(13)12-6-10(4,14)11(5,15)7-12/h14-15H,6-7H2,1-5H3/t10-,11+. The molecule has 0 spiro atoms. The monoisotopic (exact) mass is 231 g/mol. The van der Waals surface area contributed by atoms with E-state index in [1.54, 1.807) is 20.8 Å². The first-order chi connectivity index (χ1) is 6.95. The van der Waals surface area contributed by atoms with Crippen LogP contribution in [0, 0.1) is 0 Å². The topological polar surface area (TPSA) is 70.0 Å². The first-order valence-electron chi connectivity index (χ1n) is 5.37. The van der Waals surface area contributed by atoms with Crippen molar-refractivity contribution in [3.63, 3.8) is 0 Å². The minimum absolute atomic E-state index is 0.0783. The fourth-order valence-corrected chi connectivity index (χ4v) is 1.60. The zero-order valence-electron chi connectivity index (χ0n) is 10.6. The average Bonchev–Trinajstić information content (AvgIpc) is 2.17. The quantitative estimate of drug-likeness (QED) is 0.645. The molecule has 0 unspecified atom stereocenters. The fourth-order valence-electron chi connectivity index (χ4n) is 1.60. The van der Waals surface area contributed by atoms with Crippen molar-refractivity contribution in [3.05, 3.63) is 0 Å². The Balaban J connectivity index is 2.70. The lowest BCUT2D eigenvalue weighted by Gasteiger charge is -2.29. The van der Waals surface area contributed by atoms with Gasteiger partial charge in [0.05, 0.1) is 13.1 Å². The number of ether oxygens (including phenoxy) is 1. The Morgan fingerprint density at radius 3 is 1.88 bits per heavy atom. The largest absolute Gasteiger partial charge is 0.444 e. The normalized spacial score (nSPS) is 35.3. The lowest BCUT2D eigenvalue weighted by Crippen LogP contribution is -2.48. The molecule has 16 heavy (non-hydrogen) atoms. The van der Waals surface area contributed by atoms with E-state index in [-0.39, 0.29) is 13.1 Å². The van der Waals surface area contributed by atoms with Crippen LogP contribution in [0.1, 0.15) is 34.6 Å². The highest BCUT2D eigenvalue weighted by Gasteiger charge is 2.52. The molecule has 0 bridgehead atoms. The van der Waals surface area contributed by atoms with Crippen LogP contribution >= 0.6 is 0 Å². The van der Waals surface area contributed by atoms with Crippen LogP contribution in [0.5, 0.6) is 0 Å². The van der Waals surface area contributed by atoms with Crippen molar-refractivity contribution in [2.75, 3.05) is 13.1 Å². The van der Waals surface area contributed by atoms with E-state index < -0.39 is 22.9 Å². The van der Waals surface area contributed by atoms with Gasteiger partial charge in [0, 0.05) is 0 Å². The SMILES string of the molecule is CC(C)(C)OC(=O)N1C[C@](C)(O)[C@](C)(O)C1. The van der Waals surface area contributed by atoms with E-state index in [9.17, 15) is 15.0 Å². The number of β-amino-alcohol motifs (C(OH)–C–C–N with tert-alkyl or cyclic N) is 2. The number of nitrogens with zero attached hydrogens (tertiary/aromatic N) is 1. The summed E-state index contributed by atoms with van der Waals surface area (Å²) in [6.07, 6.45) is -0.509. The molecule has 0 aromatic carbocycles. The van der Waals surface area contributed by atoms with Crippen molar-refractivity contribution in [3.8, 4) is 0 Å². The Kier molecular flexibility index (Phi) is 2.98. The van der Waals surface area contributed by atoms with Crippen molar-refractivity contribution in [2.24, 2.45) is 0 Å². The summed E-state index contributed by atoms with van der Waals surface area (Å²) < 4.78 is 5.17. The molecule has 94 valence electrons. The smallest absolute Gasteiger partial charge is 0.410 e. The second-order valence-electron chi connectivity index (χ2n) is 5.88. The predicted octanol–water partition coefficient (Wildman–Crippen LogP) is 0.739. The summed E-state index contributed by atoms with van der Waals surface area (Å²) in [6, 6.07) is 0. The molecule has 1 rings (SSSR count). The average molecular weight is 231 g/mol. The molecule has 0 aromatic heterocycles. The molecule has 2 atom stereocenters. The van der Waals surface area contributed by atoms with Crippen LogP contribution in [0.25, 0.3) is 0 Å². The Labute approximate surface area is 96.0 Å². The van der Waals surface area contributed by atoms with Gasteiger partial charge in [-0.3, -0.25) is 0 Å². The number of likely N-dealkylation sites (tertiary alicyclic amines) is 1. The maximum atomic E-state index is 11.7. The highest BCUT2D eigenvalue weighted by Crippen LogP contribution is 2.31. The third-order valence-corrected chi connectivity index (χ3v) is 2.81. The molecular formula is C11H21NO4. The number of hydrogen-bond donors (Lipinski definition) is 2. The van der Waals surface area contributed by atoms with Gasteiger partial charge >= 0.3 is 6.09 Å². The van der Waals surface area contributed by atoms with Crippen molar-refractivity contribution in [2.45, 2.75) is 51.4 Å². The van der Waals surface area contributed by atoms with Gasteiger partial charge in [-0.1, -0.05) is 0 Å². The Hall–Kier alpha value is -0.810. The molecule has 1 aliphatic heterocycles. The second-order valence-corrected chi connectivity index (χ2v) is 5.88. The summed E-state index contributed by atoms with van der Waals surface area (Å²) in [5, 5.41) is 19.9. The van der Waals surface area contributed by atoms with Crippen LogP contribution in [0.3, 0.4) is 0 Å². The van der Waals surface area contributed by atoms with E-state index in [1.165, 1.54) is 18.7 Å². The number of carbonyl (C=O) groups excluding carboxylic acids is 1. The van der Waals surface area contributed by atoms with Crippen molar-refractivity contribution in [1.82, 2.24) is 4.90 Å². The van der Waals surface area contributed by atoms with Crippen LogP contribution in [-0.2, 0) is 4.74 Å². The van der Waals surface area contributed by atoms with Crippen molar-refractivity contribution in [1.29, 1.82) is 0 Å². The van der Waals surface area contributed by atoms with Gasteiger partial charge in [-0.15, -0.1) is 0 Å². The van der Waals surface area contributed by atoms with Gasteiger partial charge in [0.25, 0.3) is 0 Å². The second kappa shape index (κ2) is 3.60. The molecule has 1 amide bonds. The molecular weight excluding hydrogens is 210 g/mol. The third-order valence-electron chi connectivity index (χ3n) is 2.81. The minimum atomic E-state index is -1.30. The van der Waals surface area contributed by atoms with Gasteiger partial charge in [-0.2, -0.15) is 0 Å². The first kappa shape index (κ1) is 13.3. The molecule has 0 saturated carbocycles. The number of carbonyl (C=O) groups is 1. The Bertz CT molecular complexity index is 275.